The lowest BCUT2D eigenvalue weighted by atomic mass is 9.92. The summed E-state index contributed by atoms with van der Waals surface area (Å²) in [7, 11) is 4.30. The number of esters is 1. The Morgan fingerprint density at radius 1 is 1.60 bits per heavy atom. The monoisotopic (exact) mass is 285 g/mol. The van der Waals surface area contributed by atoms with Crippen molar-refractivity contribution >= 4 is 5.97 Å². The van der Waals surface area contributed by atoms with E-state index in [-0.39, 0.29) is 12.0 Å². The molecule has 2 N–H and O–H groups in total. The third-order valence-electron chi connectivity index (χ3n) is 4.33. The van der Waals surface area contributed by atoms with Crippen molar-refractivity contribution in [3.8, 4) is 0 Å². The zero-order chi connectivity index (χ0) is 15.3. The van der Waals surface area contributed by atoms with Gasteiger partial charge in [0, 0.05) is 18.6 Å². The van der Waals surface area contributed by atoms with E-state index in [4.69, 9.17) is 10.5 Å². The van der Waals surface area contributed by atoms with Gasteiger partial charge in [-0.25, -0.2) is 0 Å². The molecule has 20 heavy (non-hydrogen) atoms. The lowest BCUT2D eigenvalue weighted by Gasteiger charge is -2.40. The van der Waals surface area contributed by atoms with Crippen LogP contribution in [0.3, 0.4) is 0 Å². The maximum absolute atomic E-state index is 11.9. The topological polar surface area (TPSA) is 58.8 Å². The quantitative estimate of drug-likeness (QED) is 0.740. The molecule has 3 atom stereocenters. The number of carbonyl (C=O) groups is 1. The van der Waals surface area contributed by atoms with Crippen molar-refractivity contribution in [3.05, 3.63) is 0 Å². The second-order valence-electron chi connectivity index (χ2n) is 6.41. The second kappa shape index (κ2) is 7.38. The Morgan fingerprint density at radius 3 is 2.80 bits per heavy atom. The first-order valence-corrected chi connectivity index (χ1v) is 7.64. The van der Waals surface area contributed by atoms with Gasteiger partial charge in [0.05, 0.1) is 6.61 Å². The van der Waals surface area contributed by atoms with Crippen molar-refractivity contribution in [2.45, 2.75) is 57.7 Å². The normalized spacial score (nSPS) is 25.2. The standard InChI is InChI=1S/C15H31N3O2/c1-6-20-14(19)15(3,16)10-12(2)18(5)13-8-7-9-17(4)11-13/h12-13H,6-11,16H2,1-5H3. The maximum Gasteiger partial charge on any atom is 0.325 e. The highest BCUT2D eigenvalue weighted by Gasteiger charge is 2.34. The molecule has 118 valence electrons. The molecule has 1 aliphatic heterocycles. The van der Waals surface area contributed by atoms with Crippen LogP contribution in [0.1, 0.15) is 40.0 Å². The smallest absolute Gasteiger partial charge is 0.325 e. The molecule has 3 unspecified atom stereocenters. The Bertz CT molecular complexity index is 320. The van der Waals surface area contributed by atoms with E-state index in [1.165, 1.54) is 19.4 Å². The number of nitrogens with two attached hydrogens (primary N) is 1. The van der Waals surface area contributed by atoms with Crippen molar-refractivity contribution in [3.63, 3.8) is 0 Å². The number of likely N-dealkylation sites (N-methyl/N-ethyl adjacent to an activating group) is 2. The minimum absolute atomic E-state index is 0.255. The molecule has 0 spiro atoms. The van der Waals surface area contributed by atoms with Gasteiger partial charge in [-0.15, -0.1) is 0 Å². The van der Waals surface area contributed by atoms with E-state index in [2.05, 4.69) is 30.8 Å². The molecule has 1 heterocycles. The summed E-state index contributed by atoms with van der Waals surface area (Å²) in [5, 5.41) is 0. The van der Waals surface area contributed by atoms with Crippen LogP contribution in [0.25, 0.3) is 0 Å². The Morgan fingerprint density at radius 2 is 2.25 bits per heavy atom. The summed E-state index contributed by atoms with van der Waals surface area (Å²) < 4.78 is 5.06. The highest BCUT2D eigenvalue weighted by molar-refractivity contribution is 5.80. The molecule has 1 saturated heterocycles. The van der Waals surface area contributed by atoms with Crippen LogP contribution in [0.5, 0.6) is 0 Å². The van der Waals surface area contributed by atoms with Crippen molar-refractivity contribution in [2.24, 2.45) is 5.73 Å². The maximum atomic E-state index is 11.9. The molecule has 5 heteroatoms. The van der Waals surface area contributed by atoms with Crippen molar-refractivity contribution < 1.29 is 9.53 Å². The van der Waals surface area contributed by atoms with Gasteiger partial charge >= 0.3 is 5.97 Å². The summed E-state index contributed by atoms with van der Waals surface area (Å²) >= 11 is 0. The van der Waals surface area contributed by atoms with Crippen LogP contribution in [0.4, 0.5) is 0 Å². The molecule has 0 radical (unpaired) electrons. The summed E-state index contributed by atoms with van der Waals surface area (Å²) in [5.41, 5.74) is 5.22. The number of piperidine rings is 1. The van der Waals surface area contributed by atoms with Gasteiger partial charge < -0.3 is 15.4 Å². The van der Waals surface area contributed by atoms with E-state index < -0.39 is 5.54 Å². The van der Waals surface area contributed by atoms with Crippen LogP contribution < -0.4 is 5.73 Å². The minimum atomic E-state index is -0.912. The van der Waals surface area contributed by atoms with Crippen molar-refractivity contribution in [2.75, 3.05) is 33.8 Å². The number of rotatable bonds is 6. The van der Waals surface area contributed by atoms with E-state index in [9.17, 15) is 4.79 Å². The lowest BCUT2D eigenvalue weighted by molar-refractivity contribution is -0.149. The third kappa shape index (κ3) is 4.72. The number of nitrogens with zero attached hydrogens (tertiary/aromatic N) is 2. The molecule has 1 fully saturated rings. The highest BCUT2D eigenvalue weighted by atomic mass is 16.5. The Labute approximate surface area is 123 Å². The molecule has 0 saturated carbocycles. The summed E-state index contributed by atoms with van der Waals surface area (Å²) in [6, 6.07) is 0.799. The summed E-state index contributed by atoms with van der Waals surface area (Å²) in [6.07, 6.45) is 3.06. The van der Waals surface area contributed by atoms with E-state index >= 15 is 0 Å². The highest BCUT2D eigenvalue weighted by Crippen LogP contribution is 2.20. The zero-order valence-corrected chi connectivity index (χ0v) is 13.7. The van der Waals surface area contributed by atoms with Crippen LogP contribution >= 0.6 is 0 Å². The molecule has 0 aromatic carbocycles. The van der Waals surface area contributed by atoms with Crippen LogP contribution in [-0.2, 0) is 9.53 Å². The molecule has 0 aliphatic carbocycles. The van der Waals surface area contributed by atoms with Gasteiger partial charge in [-0.1, -0.05) is 0 Å². The predicted molar refractivity (Wildman–Crippen MR) is 81.6 cm³/mol. The predicted octanol–water partition coefficient (Wildman–Crippen LogP) is 1.07. The number of hydrogen-bond donors (Lipinski definition) is 1. The molecule has 0 bridgehead atoms. The molecule has 1 aliphatic rings. The average Bonchev–Trinajstić information content (AvgIpc) is 2.37. The molecule has 0 amide bonds. The summed E-state index contributed by atoms with van der Waals surface area (Å²) in [5.74, 6) is -0.305. The van der Waals surface area contributed by atoms with Crippen LogP contribution in [0.15, 0.2) is 0 Å². The fourth-order valence-corrected chi connectivity index (χ4v) is 2.97. The Hall–Kier alpha value is -0.650. The van der Waals surface area contributed by atoms with Gasteiger partial charge in [0.25, 0.3) is 0 Å². The largest absolute Gasteiger partial charge is 0.465 e. The Balaban J connectivity index is 2.55. The van der Waals surface area contributed by atoms with E-state index in [0.717, 1.165) is 6.54 Å². The first-order chi connectivity index (χ1) is 9.27. The van der Waals surface area contributed by atoms with Gasteiger partial charge in [0.2, 0.25) is 0 Å². The second-order valence-corrected chi connectivity index (χ2v) is 6.41. The molecule has 0 aromatic rings. The molecule has 1 rings (SSSR count). The SMILES string of the molecule is CCOC(=O)C(C)(N)CC(C)N(C)C1CCCN(C)C1. The van der Waals surface area contributed by atoms with Gasteiger partial charge in [-0.05, 0) is 60.7 Å². The number of likely N-dealkylation sites (tertiary alicyclic amines) is 1. The Kier molecular flexibility index (Phi) is 6.43. The lowest BCUT2D eigenvalue weighted by Crippen LogP contribution is -2.54. The van der Waals surface area contributed by atoms with Crippen molar-refractivity contribution in [1.29, 1.82) is 0 Å². The van der Waals surface area contributed by atoms with Gasteiger partial charge in [0.15, 0.2) is 0 Å². The first kappa shape index (κ1) is 17.4. The number of hydrogen-bond acceptors (Lipinski definition) is 5. The minimum Gasteiger partial charge on any atom is -0.465 e. The first-order valence-electron chi connectivity index (χ1n) is 7.64. The van der Waals surface area contributed by atoms with Gasteiger partial charge in [0.1, 0.15) is 5.54 Å². The van der Waals surface area contributed by atoms with Crippen LogP contribution in [0.2, 0.25) is 0 Å². The van der Waals surface area contributed by atoms with Gasteiger partial charge in [-0.2, -0.15) is 0 Å². The third-order valence-corrected chi connectivity index (χ3v) is 4.33. The van der Waals surface area contributed by atoms with E-state index in [1.54, 1.807) is 13.8 Å². The van der Waals surface area contributed by atoms with E-state index in [0.29, 0.717) is 19.1 Å². The molecule has 0 aromatic heterocycles. The summed E-state index contributed by atoms with van der Waals surface area (Å²) in [6.45, 7) is 8.35. The van der Waals surface area contributed by atoms with E-state index in [1.807, 2.05) is 0 Å². The van der Waals surface area contributed by atoms with Crippen molar-refractivity contribution in [1.82, 2.24) is 9.80 Å². The molecular weight excluding hydrogens is 254 g/mol. The zero-order valence-electron chi connectivity index (χ0n) is 13.7. The number of ether oxygens (including phenoxy) is 1. The summed E-state index contributed by atoms with van der Waals surface area (Å²) in [4.78, 5) is 16.6. The molecule has 5 nitrogen and oxygen atoms in total. The van der Waals surface area contributed by atoms with Gasteiger partial charge in [-0.3, -0.25) is 9.69 Å². The van der Waals surface area contributed by atoms with Crippen LogP contribution in [0, 0.1) is 0 Å². The fourth-order valence-electron chi connectivity index (χ4n) is 2.97. The number of carbonyl (C=O) groups excluding carboxylic acids is 1. The average molecular weight is 285 g/mol. The molecular formula is C15H31N3O2. The van der Waals surface area contributed by atoms with Crippen LogP contribution in [-0.4, -0.2) is 67.2 Å². The fraction of sp³-hybridized carbons (Fsp3) is 0.933.